The lowest BCUT2D eigenvalue weighted by atomic mass is 9.99. The highest BCUT2D eigenvalue weighted by Gasteiger charge is 2.19. The van der Waals surface area contributed by atoms with Gasteiger partial charge in [0.1, 0.15) is 0 Å². The second-order valence-corrected chi connectivity index (χ2v) is 6.41. The van der Waals surface area contributed by atoms with Crippen molar-refractivity contribution in [2.24, 2.45) is 0 Å². The Morgan fingerprint density at radius 1 is 0.800 bits per heavy atom. The molecule has 5 rings (SSSR count). The summed E-state index contributed by atoms with van der Waals surface area (Å²) in [5, 5.41) is 2.08. The summed E-state index contributed by atoms with van der Waals surface area (Å²) in [6, 6.07) is 10.1. The predicted octanol–water partition coefficient (Wildman–Crippen LogP) is 3.83. The maximum absolute atomic E-state index is 5.54. The lowest BCUT2D eigenvalue weighted by Gasteiger charge is -2.11. The molecule has 0 unspecified atom stereocenters. The molecule has 5 nitrogen and oxygen atoms in total. The minimum absolute atomic E-state index is 0.258. The normalized spacial score (nSPS) is 14.3. The third-order valence-electron chi connectivity index (χ3n) is 4.47. The Kier molecular flexibility index (Phi) is 3.38. The Hall–Kier alpha value is -2.60. The van der Waals surface area contributed by atoms with Gasteiger partial charge in [0.2, 0.25) is 13.6 Å². The number of pyridine rings is 1. The van der Waals surface area contributed by atoms with E-state index in [1.807, 2.05) is 30.5 Å². The van der Waals surface area contributed by atoms with Crippen molar-refractivity contribution in [2.45, 2.75) is 6.42 Å². The molecule has 0 aliphatic carbocycles. The Labute approximate surface area is 149 Å². The molecule has 3 heterocycles. The van der Waals surface area contributed by atoms with Crippen LogP contribution >= 0.6 is 12.6 Å². The molecule has 2 aliphatic rings. The topological polar surface area (TPSA) is 49.8 Å². The van der Waals surface area contributed by atoms with Gasteiger partial charge >= 0.3 is 0 Å². The van der Waals surface area contributed by atoms with Gasteiger partial charge in [0.15, 0.2) is 23.0 Å². The highest BCUT2D eigenvalue weighted by molar-refractivity contribution is 7.80. The molecule has 0 fully saturated rings. The quantitative estimate of drug-likeness (QED) is 0.725. The summed E-state index contributed by atoms with van der Waals surface area (Å²) in [4.78, 5) is 4.65. The van der Waals surface area contributed by atoms with Gasteiger partial charge in [-0.2, -0.15) is 12.6 Å². The molecule has 2 aromatic carbocycles. The average Bonchev–Trinajstić information content (AvgIpc) is 3.27. The van der Waals surface area contributed by atoms with Crippen molar-refractivity contribution in [3.05, 3.63) is 42.1 Å². The van der Waals surface area contributed by atoms with Gasteiger partial charge < -0.3 is 18.9 Å². The van der Waals surface area contributed by atoms with Crippen LogP contribution in [-0.2, 0) is 6.42 Å². The van der Waals surface area contributed by atoms with Crippen LogP contribution in [0.3, 0.4) is 0 Å². The van der Waals surface area contributed by atoms with Crippen molar-refractivity contribution in [1.29, 1.82) is 0 Å². The molecule has 0 saturated heterocycles. The van der Waals surface area contributed by atoms with Gasteiger partial charge in [0.05, 0.1) is 5.69 Å². The Balaban J connectivity index is 1.66. The predicted molar refractivity (Wildman–Crippen MR) is 97.0 cm³/mol. The molecule has 0 spiro atoms. The number of benzene rings is 2. The van der Waals surface area contributed by atoms with E-state index in [9.17, 15) is 0 Å². The number of aromatic nitrogens is 1. The number of thiol groups is 1. The van der Waals surface area contributed by atoms with E-state index in [2.05, 4.69) is 23.7 Å². The van der Waals surface area contributed by atoms with Crippen LogP contribution in [0.15, 0.2) is 36.5 Å². The summed E-state index contributed by atoms with van der Waals surface area (Å²) in [7, 11) is 0. The van der Waals surface area contributed by atoms with Gasteiger partial charge in [-0.3, -0.25) is 4.98 Å². The van der Waals surface area contributed by atoms with Crippen LogP contribution in [0.1, 0.15) is 5.56 Å². The molecule has 0 saturated carbocycles. The third-order valence-corrected chi connectivity index (χ3v) is 4.69. The zero-order valence-electron chi connectivity index (χ0n) is 13.3. The molecule has 126 valence electrons. The van der Waals surface area contributed by atoms with Crippen LogP contribution < -0.4 is 18.9 Å². The summed E-state index contributed by atoms with van der Waals surface area (Å²) in [6.45, 7) is 0.522. The largest absolute Gasteiger partial charge is 0.454 e. The van der Waals surface area contributed by atoms with Crippen LogP contribution in [0, 0.1) is 0 Å². The summed E-state index contributed by atoms with van der Waals surface area (Å²) in [5.41, 5.74) is 3.08. The van der Waals surface area contributed by atoms with Gasteiger partial charge in [-0.15, -0.1) is 0 Å². The number of nitrogens with zero attached hydrogens (tertiary/aromatic N) is 1. The lowest BCUT2D eigenvalue weighted by Crippen LogP contribution is -1.94. The molecule has 3 aromatic rings. The minimum atomic E-state index is 0.258. The van der Waals surface area contributed by atoms with E-state index in [1.54, 1.807) is 0 Å². The number of rotatable bonds is 3. The van der Waals surface area contributed by atoms with Crippen molar-refractivity contribution in [1.82, 2.24) is 4.98 Å². The second kappa shape index (κ2) is 5.74. The number of aryl methyl sites for hydroxylation is 1. The molecular formula is C19H15NO4S. The lowest BCUT2D eigenvalue weighted by molar-refractivity contribution is 0.173. The smallest absolute Gasteiger partial charge is 0.231 e. The van der Waals surface area contributed by atoms with E-state index in [4.69, 9.17) is 18.9 Å². The first-order valence-electron chi connectivity index (χ1n) is 8.05. The van der Waals surface area contributed by atoms with E-state index in [1.165, 1.54) is 0 Å². The van der Waals surface area contributed by atoms with Crippen LogP contribution in [0.5, 0.6) is 23.0 Å². The molecule has 0 atom stereocenters. The van der Waals surface area contributed by atoms with E-state index in [0.717, 1.165) is 62.8 Å². The molecule has 0 bridgehead atoms. The Bertz CT molecular complexity index is 989. The van der Waals surface area contributed by atoms with Crippen molar-refractivity contribution >= 4 is 23.4 Å². The molecular weight excluding hydrogens is 338 g/mol. The van der Waals surface area contributed by atoms with Crippen LogP contribution in [0.4, 0.5) is 0 Å². The molecule has 1 aromatic heterocycles. The number of hydrogen-bond acceptors (Lipinski definition) is 6. The van der Waals surface area contributed by atoms with Gasteiger partial charge in [0, 0.05) is 17.1 Å². The first-order chi connectivity index (χ1) is 12.3. The SMILES string of the molecule is SCCc1cc2c(cc1-c1cc3cc4c(cc3cn1)OCO4)OCO2. The second-order valence-electron chi connectivity index (χ2n) is 5.96. The third kappa shape index (κ3) is 2.44. The minimum Gasteiger partial charge on any atom is -0.454 e. The van der Waals surface area contributed by atoms with Crippen LogP contribution in [-0.4, -0.2) is 24.3 Å². The highest BCUT2D eigenvalue weighted by atomic mass is 32.1. The summed E-state index contributed by atoms with van der Waals surface area (Å²) in [5.74, 6) is 3.82. The van der Waals surface area contributed by atoms with Gasteiger partial charge in [-0.05, 0) is 53.5 Å². The van der Waals surface area contributed by atoms with E-state index in [0.29, 0.717) is 0 Å². The molecule has 6 heteroatoms. The van der Waals surface area contributed by atoms with E-state index in [-0.39, 0.29) is 13.6 Å². The molecule has 25 heavy (non-hydrogen) atoms. The Morgan fingerprint density at radius 3 is 2.16 bits per heavy atom. The van der Waals surface area contributed by atoms with Gasteiger partial charge in [0.25, 0.3) is 0 Å². The zero-order valence-corrected chi connectivity index (χ0v) is 14.2. The molecule has 0 radical (unpaired) electrons. The Morgan fingerprint density at radius 2 is 1.44 bits per heavy atom. The zero-order chi connectivity index (χ0) is 16.8. The summed E-state index contributed by atoms with van der Waals surface area (Å²) >= 11 is 4.38. The summed E-state index contributed by atoms with van der Waals surface area (Å²) in [6.07, 6.45) is 2.69. The summed E-state index contributed by atoms with van der Waals surface area (Å²) < 4.78 is 22.0. The van der Waals surface area contributed by atoms with E-state index < -0.39 is 0 Å². The maximum atomic E-state index is 5.54. The first kappa shape index (κ1) is 14.7. The molecule has 0 amide bonds. The van der Waals surface area contributed by atoms with Crippen molar-refractivity contribution < 1.29 is 18.9 Å². The maximum Gasteiger partial charge on any atom is 0.231 e. The monoisotopic (exact) mass is 353 g/mol. The first-order valence-corrected chi connectivity index (χ1v) is 8.68. The van der Waals surface area contributed by atoms with Gasteiger partial charge in [-0.1, -0.05) is 0 Å². The average molecular weight is 353 g/mol. The van der Waals surface area contributed by atoms with Crippen molar-refractivity contribution in [3.8, 4) is 34.3 Å². The number of fused-ring (bicyclic) bond motifs is 3. The van der Waals surface area contributed by atoms with Crippen LogP contribution in [0.2, 0.25) is 0 Å². The van der Waals surface area contributed by atoms with Gasteiger partial charge in [-0.25, -0.2) is 0 Å². The van der Waals surface area contributed by atoms with Crippen LogP contribution in [0.25, 0.3) is 22.0 Å². The number of hydrogen-bond donors (Lipinski definition) is 1. The number of ether oxygens (including phenoxy) is 4. The van der Waals surface area contributed by atoms with E-state index >= 15 is 0 Å². The fraction of sp³-hybridized carbons (Fsp3) is 0.211. The molecule has 2 aliphatic heterocycles. The van der Waals surface area contributed by atoms with Crippen molar-refractivity contribution in [3.63, 3.8) is 0 Å². The fourth-order valence-electron chi connectivity index (χ4n) is 3.23. The standard InChI is InChI=1S/C19H15NO4S/c25-2-1-11-4-16-19(24-10-21-16)7-14(11)15-3-12-5-17-18(23-9-22-17)6-13(12)8-20-15/h3-8,25H,1-2,9-10H2. The fourth-order valence-corrected chi connectivity index (χ4v) is 3.47. The molecule has 0 N–H and O–H groups in total. The van der Waals surface area contributed by atoms with Crippen molar-refractivity contribution in [2.75, 3.05) is 19.3 Å². The highest BCUT2D eigenvalue weighted by Crippen LogP contribution is 2.40.